The molecule has 0 aromatic rings. The van der Waals surface area contributed by atoms with Crippen LogP contribution in [-0.2, 0) is 28.6 Å². The number of carbonyl (C=O) groups is 3. The Kier molecular flexibility index (Phi) is 7.48. The van der Waals surface area contributed by atoms with Crippen LogP contribution in [0.3, 0.4) is 0 Å². The smallest absolute Gasteiger partial charge is 0.334 e. The van der Waals surface area contributed by atoms with Crippen molar-refractivity contribution in [3.63, 3.8) is 0 Å². The zero-order chi connectivity index (χ0) is 20.8. The first-order valence-electron chi connectivity index (χ1n) is 9.10. The highest BCUT2D eigenvalue weighted by atomic mass is 16.6. The number of ether oxygens (including phenoxy) is 3. The lowest BCUT2D eigenvalue weighted by Crippen LogP contribution is -2.44. The number of allylic oxidation sites excluding steroid dienone is 2. The van der Waals surface area contributed by atoms with E-state index in [1.54, 1.807) is 32.1 Å². The monoisotopic (exact) mass is 390 g/mol. The Balaban J connectivity index is 2.59. The maximum atomic E-state index is 12.5. The molecule has 4 atom stereocenters. The Morgan fingerprint density at radius 1 is 1.46 bits per heavy atom. The third kappa shape index (κ3) is 4.48. The van der Waals surface area contributed by atoms with Crippen molar-refractivity contribution in [2.24, 2.45) is 5.92 Å². The van der Waals surface area contributed by atoms with Gasteiger partial charge < -0.3 is 19.3 Å². The number of aliphatic hydroxyl groups excluding tert-OH is 1. The quantitative estimate of drug-likeness (QED) is 0.331. The molecular formula is C21H26O7. The van der Waals surface area contributed by atoms with E-state index in [0.29, 0.717) is 35.8 Å². The maximum Gasteiger partial charge on any atom is 0.334 e. The fraction of sp³-hybridized carbons (Fsp3) is 0.476. The molecule has 2 rings (SSSR count). The van der Waals surface area contributed by atoms with Crippen LogP contribution in [0.2, 0.25) is 0 Å². The van der Waals surface area contributed by atoms with Crippen LogP contribution in [0.25, 0.3) is 0 Å². The first-order chi connectivity index (χ1) is 13.4. The van der Waals surface area contributed by atoms with Crippen LogP contribution in [0.1, 0.15) is 26.7 Å². The second kappa shape index (κ2) is 9.61. The molecule has 1 fully saturated rings. The van der Waals surface area contributed by atoms with Crippen molar-refractivity contribution in [2.75, 3.05) is 13.7 Å². The van der Waals surface area contributed by atoms with Gasteiger partial charge in [-0.1, -0.05) is 18.7 Å². The van der Waals surface area contributed by atoms with Gasteiger partial charge in [-0.25, -0.2) is 9.59 Å². The number of aliphatic hydroxyl groups is 1. The minimum atomic E-state index is -1.01. The fourth-order valence-corrected chi connectivity index (χ4v) is 3.35. The molecule has 7 nitrogen and oxygen atoms in total. The number of hydrogen-bond donors (Lipinski definition) is 1. The lowest BCUT2D eigenvalue weighted by atomic mass is 9.83. The third-order valence-corrected chi connectivity index (χ3v) is 5.08. The Labute approximate surface area is 164 Å². The van der Waals surface area contributed by atoms with Gasteiger partial charge in [-0.2, -0.15) is 0 Å². The largest absolute Gasteiger partial charge is 0.455 e. The fourth-order valence-electron chi connectivity index (χ4n) is 3.35. The molecular weight excluding hydrogens is 364 g/mol. The van der Waals surface area contributed by atoms with Gasteiger partial charge in [0.05, 0.1) is 12.5 Å². The van der Waals surface area contributed by atoms with E-state index in [-0.39, 0.29) is 12.2 Å². The summed E-state index contributed by atoms with van der Waals surface area (Å²) in [5.41, 5.74) is 1.46. The van der Waals surface area contributed by atoms with E-state index in [1.165, 1.54) is 7.11 Å². The molecule has 0 spiro atoms. The molecule has 0 bridgehead atoms. The first kappa shape index (κ1) is 21.8. The van der Waals surface area contributed by atoms with E-state index < -0.39 is 36.2 Å². The minimum absolute atomic E-state index is 0.127. The highest BCUT2D eigenvalue weighted by molar-refractivity contribution is 5.92. The number of esters is 2. The van der Waals surface area contributed by atoms with Crippen molar-refractivity contribution < 1.29 is 33.7 Å². The highest BCUT2D eigenvalue weighted by Crippen LogP contribution is 2.37. The SMILES string of the molecule is C=C1C(=O)O[C@@H]2/C=C(\CO)CC/C=C(/C=O)C(OC)[C@@H](OC(=O)/C(C)=C\C)[C@@H]12. The Bertz CT molecular complexity index is 744. The van der Waals surface area contributed by atoms with Crippen molar-refractivity contribution >= 4 is 18.2 Å². The zero-order valence-electron chi connectivity index (χ0n) is 16.3. The van der Waals surface area contributed by atoms with Crippen LogP contribution in [0, 0.1) is 5.92 Å². The van der Waals surface area contributed by atoms with Gasteiger partial charge in [0.2, 0.25) is 0 Å². The van der Waals surface area contributed by atoms with Gasteiger partial charge in [-0.15, -0.1) is 0 Å². The number of hydrogen-bond acceptors (Lipinski definition) is 7. The summed E-state index contributed by atoms with van der Waals surface area (Å²) in [5.74, 6) is -1.96. The van der Waals surface area contributed by atoms with Crippen LogP contribution in [0.15, 0.2) is 47.1 Å². The second-order valence-electron chi connectivity index (χ2n) is 6.76. The normalized spacial score (nSPS) is 32.4. The molecule has 1 aliphatic carbocycles. The van der Waals surface area contributed by atoms with E-state index in [2.05, 4.69) is 6.58 Å². The molecule has 1 saturated heterocycles. The number of aldehydes is 1. The van der Waals surface area contributed by atoms with Crippen LogP contribution in [-0.4, -0.2) is 55.4 Å². The summed E-state index contributed by atoms with van der Waals surface area (Å²) in [7, 11) is 1.40. The second-order valence-corrected chi connectivity index (χ2v) is 6.76. The molecule has 1 N–H and O–H groups in total. The molecule has 1 aliphatic heterocycles. The van der Waals surface area contributed by atoms with Crippen LogP contribution in [0.5, 0.6) is 0 Å². The number of fused-ring (bicyclic) bond motifs is 1. The molecule has 0 aromatic heterocycles. The predicted molar refractivity (Wildman–Crippen MR) is 101 cm³/mol. The third-order valence-electron chi connectivity index (χ3n) is 5.08. The molecule has 2 aliphatic rings. The molecule has 7 heteroatoms. The van der Waals surface area contributed by atoms with Crippen molar-refractivity contribution in [3.8, 4) is 0 Å². The van der Waals surface area contributed by atoms with Gasteiger partial charge in [0.1, 0.15) is 24.6 Å². The Hall–Kier alpha value is -2.51. The van der Waals surface area contributed by atoms with E-state index in [1.807, 2.05) is 0 Å². The van der Waals surface area contributed by atoms with Gasteiger partial charge in [0, 0.05) is 23.8 Å². The molecule has 152 valence electrons. The van der Waals surface area contributed by atoms with E-state index in [0.717, 1.165) is 0 Å². The van der Waals surface area contributed by atoms with E-state index in [4.69, 9.17) is 14.2 Å². The topological polar surface area (TPSA) is 99.1 Å². The van der Waals surface area contributed by atoms with Gasteiger partial charge in [-0.3, -0.25) is 4.79 Å². The van der Waals surface area contributed by atoms with Gasteiger partial charge in [0.15, 0.2) is 0 Å². The first-order valence-corrected chi connectivity index (χ1v) is 9.10. The van der Waals surface area contributed by atoms with Crippen molar-refractivity contribution in [3.05, 3.63) is 47.1 Å². The molecule has 28 heavy (non-hydrogen) atoms. The summed E-state index contributed by atoms with van der Waals surface area (Å²) in [6.45, 7) is 6.90. The van der Waals surface area contributed by atoms with Gasteiger partial charge in [0.25, 0.3) is 0 Å². The van der Waals surface area contributed by atoms with Gasteiger partial charge in [-0.05, 0) is 38.3 Å². The molecule has 1 unspecified atom stereocenters. The molecule has 0 amide bonds. The average molecular weight is 390 g/mol. The zero-order valence-corrected chi connectivity index (χ0v) is 16.3. The Morgan fingerprint density at radius 3 is 2.75 bits per heavy atom. The summed E-state index contributed by atoms with van der Waals surface area (Å²) in [6, 6.07) is 0. The number of methoxy groups -OCH3 is 1. The standard InChI is InChI=1S/C21H26O7/c1-5-12(2)20(24)28-19-17-13(3)21(25)27-16(17)9-14(10-22)7-6-8-15(11-23)18(19)26-4/h5,8-9,11,16-19,22H,3,6-7,10H2,1-2,4H3/b12-5-,14-9-,15-8-/t16-,17+,18?,19+/m1/s1. The van der Waals surface area contributed by atoms with Crippen LogP contribution < -0.4 is 0 Å². The van der Waals surface area contributed by atoms with Crippen molar-refractivity contribution in [1.29, 1.82) is 0 Å². The Morgan fingerprint density at radius 2 is 2.18 bits per heavy atom. The maximum absolute atomic E-state index is 12.5. The minimum Gasteiger partial charge on any atom is -0.455 e. The summed E-state index contributed by atoms with van der Waals surface area (Å²) in [4.78, 5) is 36.4. The number of carbonyl (C=O) groups excluding carboxylic acids is 3. The molecule has 1 heterocycles. The lowest BCUT2D eigenvalue weighted by Gasteiger charge is -2.32. The molecule has 0 radical (unpaired) electrons. The van der Waals surface area contributed by atoms with Gasteiger partial charge >= 0.3 is 11.9 Å². The number of rotatable bonds is 5. The van der Waals surface area contributed by atoms with Crippen LogP contribution in [0.4, 0.5) is 0 Å². The van der Waals surface area contributed by atoms with Crippen molar-refractivity contribution in [1.82, 2.24) is 0 Å². The van der Waals surface area contributed by atoms with E-state index >= 15 is 0 Å². The average Bonchev–Trinajstić information content (AvgIpc) is 2.97. The summed E-state index contributed by atoms with van der Waals surface area (Å²) in [6.07, 6.45) is 3.88. The molecule has 0 saturated carbocycles. The van der Waals surface area contributed by atoms with Crippen molar-refractivity contribution in [2.45, 2.75) is 45.0 Å². The highest BCUT2D eigenvalue weighted by Gasteiger charge is 2.48. The summed E-state index contributed by atoms with van der Waals surface area (Å²) < 4.78 is 16.6. The summed E-state index contributed by atoms with van der Waals surface area (Å²) >= 11 is 0. The predicted octanol–water partition coefficient (Wildman–Crippen LogP) is 1.81. The van der Waals surface area contributed by atoms with Crippen LogP contribution >= 0.6 is 0 Å². The lowest BCUT2D eigenvalue weighted by molar-refractivity contribution is -0.155. The summed E-state index contributed by atoms with van der Waals surface area (Å²) in [5, 5.41) is 9.62. The van der Waals surface area contributed by atoms with E-state index in [9.17, 15) is 19.5 Å². The molecule has 0 aromatic carbocycles.